The maximum absolute atomic E-state index is 13.0. The van der Waals surface area contributed by atoms with Crippen molar-refractivity contribution < 1.29 is 23.7 Å². The highest BCUT2D eigenvalue weighted by Crippen LogP contribution is 2.42. The fourth-order valence-electron chi connectivity index (χ4n) is 4.18. The quantitative estimate of drug-likeness (QED) is 0.400. The standard InChI is InChI=1S/C27H24BrNO5/c1-31-23-9-5-18(13-24(23)32-2)11-12-29-15-21-22(33-16-29)10-8-20-26(30)25(34-27(20)21)14-17-3-6-19(28)7-4-17/h3-10,13-14H,11-12,15-16H2,1-2H3/b25-14-. The molecule has 3 aromatic carbocycles. The monoisotopic (exact) mass is 521 g/mol. The average molecular weight is 522 g/mol. The summed E-state index contributed by atoms with van der Waals surface area (Å²) in [4.78, 5) is 15.2. The van der Waals surface area contributed by atoms with Crippen LogP contribution in [0.4, 0.5) is 0 Å². The van der Waals surface area contributed by atoms with E-state index < -0.39 is 0 Å². The molecular formula is C27H24BrNO5. The topological polar surface area (TPSA) is 57.2 Å². The van der Waals surface area contributed by atoms with Crippen LogP contribution in [0, 0.1) is 0 Å². The van der Waals surface area contributed by atoms with Gasteiger partial charge in [-0.25, -0.2) is 0 Å². The van der Waals surface area contributed by atoms with Crippen LogP contribution < -0.4 is 18.9 Å². The Morgan fingerprint density at radius 2 is 1.82 bits per heavy atom. The van der Waals surface area contributed by atoms with Gasteiger partial charge in [-0.1, -0.05) is 34.1 Å². The fourth-order valence-corrected chi connectivity index (χ4v) is 4.45. The molecule has 2 heterocycles. The molecule has 0 bridgehead atoms. The first-order chi connectivity index (χ1) is 16.6. The molecule has 6 nitrogen and oxygen atoms in total. The first kappa shape index (κ1) is 22.5. The van der Waals surface area contributed by atoms with E-state index in [0.29, 0.717) is 36.1 Å². The van der Waals surface area contributed by atoms with Crippen LogP contribution in [0.1, 0.15) is 27.0 Å². The van der Waals surface area contributed by atoms with Crippen molar-refractivity contribution in [2.75, 3.05) is 27.5 Å². The molecule has 0 aliphatic carbocycles. The summed E-state index contributed by atoms with van der Waals surface area (Å²) in [6, 6.07) is 17.4. The predicted molar refractivity (Wildman–Crippen MR) is 133 cm³/mol. The Morgan fingerprint density at radius 3 is 2.59 bits per heavy atom. The van der Waals surface area contributed by atoms with Crippen molar-refractivity contribution in [3.05, 3.63) is 87.1 Å². The van der Waals surface area contributed by atoms with Gasteiger partial charge < -0.3 is 18.9 Å². The number of fused-ring (bicyclic) bond motifs is 3. The summed E-state index contributed by atoms with van der Waals surface area (Å²) in [7, 11) is 3.27. The van der Waals surface area contributed by atoms with Gasteiger partial charge in [0.05, 0.1) is 25.3 Å². The lowest BCUT2D eigenvalue weighted by atomic mass is 10.0. The number of allylic oxidation sites excluding steroid dienone is 1. The first-order valence-corrected chi connectivity index (χ1v) is 11.8. The van der Waals surface area contributed by atoms with Gasteiger partial charge in [-0.3, -0.25) is 9.69 Å². The predicted octanol–water partition coefficient (Wildman–Crippen LogP) is 5.48. The van der Waals surface area contributed by atoms with Gasteiger partial charge in [-0.15, -0.1) is 0 Å². The molecule has 5 rings (SSSR count). The molecule has 0 aromatic heterocycles. The Balaban J connectivity index is 1.32. The maximum atomic E-state index is 13.0. The molecule has 2 aliphatic heterocycles. The van der Waals surface area contributed by atoms with E-state index in [2.05, 4.69) is 20.8 Å². The second kappa shape index (κ2) is 9.52. The number of hydrogen-bond donors (Lipinski definition) is 0. The number of carbonyl (C=O) groups is 1. The van der Waals surface area contributed by atoms with Crippen molar-refractivity contribution in [3.8, 4) is 23.0 Å². The Labute approximate surface area is 206 Å². The number of ketones is 1. The highest BCUT2D eigenvalue weighted by atomic mass is 79.9. The van der Waals surface area contributed by atoms with Crippen LogP contribution in [0.5, 0.6) is 23.0 Å². The molecule has 0 N–H and O–H groups in total. The molecule has 0 fully saturated rings. The van der Waals surface area contributed by atoms with E-state index >= 15 is 0 Å². The summed E-state index contributed by atoms with van der Waals surface area (Å²) in [6.07, 6.45) is 2.60. The Hall–Kier alpha value is -3.29. The van der Waals surface area contributed by atoms with Crippen molar-refractivity contribution in [2.24, 2.45) is 0 Å². The van der Waals surface area contributed by atoms with Gasteiger partial charge in [-0.2, -0.15) is 0 Å². The van der Waals surface area contributed by atoms with E-state index in [4.69, 9.17) is 18.9 Å². The SMILES string of the molecule is COc1ccc(CCN2COc3ccc4c(c3C2)O/C(=C\c2ccc(Br)cc2)C4=O)cc1OC. The van der Waals surface area contributed by atoms with Gasteiger partial charge in [0.25, 0.3) is 0 Å². The molecule has 0 radical (unpaired) electrons. The van der Waals surface area contributed by atoms with Crippen molar-refractivity contribution in [1.82, 2.24) is 4.90 Å². The van der Waals surface area contributed by atoms with E-state index in [-0.39, 0.29) is 5.78 Å². The summed E-state index contributed by atoms with van der Waals surface area (Å²) in [5.74, 6) is 3.01. The lowest BCUT2D eigenvalue weighted by Gasteiger charge is -2.29. The van der Waals surface area contributed by atoms with E-state index in [9.17, 15) is 4.79 Å². The van der Waals surface area contributed by atoms with Crippen LogP contribution in [-0.2, 0) is 13.0 Å². The summed E-state index contributed by atoms with van der Waals surface area (Å²) in [6.45, 7) is 1.91. The van der Waals surface area contributed by atoms with Gasteiger partial charge in [0, 0.05) is 17.6 Å². The van der Waals surface area contributed by atoms with Gasteiger partial charge >= 0.3 is 0 Å². The average Bonchev–Trinajstić information content (AvgIpc) is 3.19. The van der Waals surface area contributed by atoms with Crippen molar-refractivity contribution in [2.45, 2.75) is 13.0 Å². The lowest BCUT2D eigenvalue weighted by Crippen LogP contribution is -2.33. The third-order valence-electron chi connectivity index (χ3n) is 6.01. The Kier molecular flexibility index (Phi) is 6.30. The zero-order valence-corrected chi connectivity index (χ0v) is 20.6. The summed E-state index contributed by atoms with van der Waals surface area (Å²) >= 11 is 3.43. The largest absolute Gasteiger partial charge is 0.493 e. The third-order valence-corrected chi connectivity index (χ3v) is 6.54. The number of carbonyl (C=O) groups excluding carboxylic acids is 1. The van der Waals surface area contributed by atoms with Crippen LogP contribution in [0.15, 0.2) is 64.8 Å². The zero-order chi connectivity index (χ0) is 23.7. The highest BCUT2D eigenvalue weighted by molar-refractivity contribution is 9.10. The number of methoxy groups -OCH3 is 2. The number of Topliss-reactive ketones (excluding diaryl/α,β-unsaturated/α-hetero) is 1. The summed E-state index contributed by atoms with van der Waals surface area (Å²) < 4.78 is 23.8. The molecule has 0 spiro atoms. The van der Waals surface area contributed by atoms with Gasteiger partial charge in [0.2, 0.25) is 5.78 Å². The molecule has 3 aromatic rings. The molecular weight excluding hydrogens is 498 g/mol. The van der Waals surface area contributed by atoms with E-state index in [1.807, 2.05) is 48.5 Å². The molecule has 0 atom stereocenters. The first-order valence-electron chi connectivity index (χ1n) is 11.0. The minimum absolute atomic E-state index is 0.108. The highest BCUT2D eigenvalue weighted by Gasteiger charge is 2.33. The number of hydrogen-bond acceptors (Lipinski definition) is 6. The Bertz CT molecular complexity index is 1270. The minimum Gasteiger partial charge on any atom is -0.493 e. The molecule has 0 amide bonds. The number of ether oxygens (including phenoxy) is 4. The van der Waals surface area contributed by atoms with Crippen LogP contribution >= 0.6 is 15.9 Å². The fraction of sp³-hybridized carbons (Fsp3) is 0.222. The van der Waals surface area contributed by atoms with E-state index in [0.717, 1.165) is 45.6 Å². The zero-order valence-electron chi connectivity index (χ0n) is 19.0. The number of nitrogens with zero attached hydrogens (tertiary/aromatic N) is 1. The maximum Gasteiger partial charge on any atom is 0.231 e. The molecule has 7 heteroatoms. The van der Waals surface area contributed by atoms with Gasteiger partial charge in [0.15, 0.2) is 17.3 Å². The van der Waals surface area contributed by atoms with Gasteiger partial charge in [-0.05, 0) is 60.0 Å². The van der Waals surface area contributed by atoms with E-state index in [1.54, 1.807) is 26.4 Å². The van der Waals surface area contributed by atoms with Crippen LogP contribution in [0.2, 0.25) is 0 Å². The van der Waals surface area contributed by atoms with Crippen LogP contribution in [0.3, 0.4) is 0 Å². The van der Waals surface area contributed by atoms with Crippen LogP contribution in [-0.4, -0.2) is 38.2 Å². The van der Waals surface area contributed by atoms with Crippen molar-refractivity contribution in [1.29, 1.82) is 0 Å². The molecule has 2 aliphatic rings. The molecule has 34 heavy (non-hydrogen) atoms. The molecule has 0 unspecified atom stereocenters. The summed E-state index contributed by atoms with van der Waals surface area (Å²) in [5.41, 5.74) is 3.53. The molecule has 174 valence electrons. The lowest BCUT2D eigenvalue weighted by molar-refractivity contribution is 0.0949. The molecule has 0 saturated carbocycles. The number of benzene rings is 3. The smallest absolute Gasteiger partial charge is 0.231 e. The second-order valence-electron chi connectivity index (χ2n) is 8.18. The normalized spacial score (nSPS) is 16.0. The molecule has 0 saturated heterocycles. The summed E-state index contributed by atoms with van der Waals surface area (Å²) in [5, 5.41) is 0. The van der Waals surface area contributed by atoms with Crippen molar-refractivity contribution >= 4 is 27.8 Å². The van der Waals surface area contributed by atoms with E-state index in [1.165, 1.54) is 0 Å². The minimum atomic E-state index is -0.108. The van der Waals surface area contributed by atoms with Gasteiger partial charge in [0.1, 0.15) is 18.2 Å². The Morgan fingerprint density at radius 1 is 1.03 bits per heavy atom. The second-order valence-corrected chi connectivity index (χ2v) is 9.09. The van der Waals surface area contributed by atoms with Crippen LogP contribution in [0.25, 0.3) is 6.08 Å². The number of halogens is 1. The third kappa shape index (κ3) is 4.41. The number of rotatable bonds is 6. The van der Waals surface area contributed by atoms with Crippen molar-refractivity contribution in [3.63, 3.8) is 0 Å².